The number of benzene rings is 2. The van der Waals surface area contributed by atoms with E-state index in [-0.39, 0.29) is 11.4 Å². The van der Waals surface area contributed by atoms with Gasteiger partial charge in [0.25, 0.3) is 0 Å². The summed E-state index contributed by atoms with van der Waals surface area (Å²) >= 11 is 0. The van der Waals surface area contributed by atoms with Gasteiger partial charge in [0.2, 0.25) is 0 Å². The maximum absolute atomic E-state index is 14.7. The monoisotopic (exact) mass is 406 g/mol. The van der Waals surface area contributed by atoms with Crippen LogP contribution in [0.15, 0.2) is 67.0 Å². The summed E-state index contributed by atoms with van der Waals surface area (Å²) in [5.41, 5.74) is 0.215. The standard InChI is InChI=1S/C22H19FN4O3/c1-22(2,29)19-10-11-25-27(19)20-16(23)7-5-9-18(20)30-21(28)26-15-12-14-6-3-4-8-17(14)24-13-15/h3-13,29H,1-2H3,(H,26,28). The van der Waals surface area contributed by atoms with E-state index in [0.29, 0.717) is 11.4 Å². The number of anilines is 1. The average Bonchev–Trinajstić information content (AvgIpc) is 3.18. The van der Waals surface area contributed by atoms with Crippen molar-refractivity contribution in [1.29, 1.82) is 0 Å². The van der Waals surface area contributed by atoms with Gasteiger partial charge in [0.05, 0.1) is 23.1 Å². The minimum atomic E-state index is -1.28. The Kier molecular flexibility index (Phi) is 4.93. The number of nitrogens with one attached hydrogen (secondary N) is 1. The Hall–Kier alpha value is -3.78. The van der Waals surface area contributed by atoms with Crippen molar-refractivity contribution >= 4 is 22.7 Å². The normalized spacial score (nSPS) is 11.5. The van der Waals surface area contributed by atoms with Crippen molar-refractivity contribution in [2.75, 3.05) is 5.32 Å². The first kappa shape index (κ1) is 19.5. The Morgan fingerprint density at radius 2 is 1.97 bits per heavy atom. The highest BCUT2D eigenvalue weighted by Crippen LogP contribution is 2.30. The summed E-state index contributed by atoms with van der Waals surface area (Å²) < 4.78 is 21.3. The molecule has 152 valence electrons. The highest BCUT2D eigenvalue weighted by molar-refractivity contribution is 5.90. The first-order chi connectivity index (χ1) is 14.3. The van der Waals surface area contributed by atoms with Gasteiger partial charge >= 0.3 is 6.09 Å². The predicted octanol–water partition coefficient (Wildman–Crippen LogP) is 4.40. The fourth-order valence-corrected chi connectivity index (χ4v) is 3.11. The second-order valence-corrected chi connectivity index (χ2v) is 7.21. The van der Waals surface area contributed by atoms with E-state index in [1.54, 1.807) is 26.0 Å². The molecule has 0 atom stereocenters. The molecule has 0 spiro atoms. The quantitative estimate of drug-likeness (QED) is 0.524. The number of hydrogen-bond acceptors (Lipinski definition) is 5. The Balaban J connectivity index is 1.63. The van der Waals surface area contributed by atoms with E-state index in [9.17, 15) is 14.3 Å². The van der Waals surface area contributed by atoms with Gasteiger partial charge in [0.15, 0.2) is 11.6 Å². The zero-order chi connectivity index (χ0) is 21.3. The van der Waals surface area contributed by atoms with E-state index < -0.39 is 17.5 Å². The second-order valence-electron chi connectivity index (χ2n) is 7.21. The van der Waals surface area contributed by atoms with Crippen LogP contribution in [-0.4, -0.2) is 26.0 Å². The van der Waals surface area contributed by atoms with Gasteiger partial charge in [-0.05, 0) is 44.2 Å². The van der Waals surface area contributed by atoms with Gasteiger partial charge in [-0.2, -0.15) is 5.10 Å². The van der Waals surface area contributed by atoms with E-state index in [0.717, 1.165) is 10.9 Å². The number of aromatic nitrogens is 3. The summed E-state index contributed by atoms with van der Waals surface area (Å²) in [4.78, 5) is 16.8. The van der Waals surface area contributed by atoms with Crippen LogP contribution in [0.5, 0.6) is 5.75 Å². The molecule has 0 unspecified atom stereocenters. The number of carbonyl (C=O) groups is 1. The third-order valence-electron chi connectivity index (χ3n) is 4.47. The molecule has 2 aromatic heterocycles. The minimum absolute atomic E-state index is 0.0459. The van der Waals surface area contributed by atoms with Gasteiger partial charge in [0.1, 0.15) is 11.3 Å². The van der Waals surface area contributed by atoms with Crippen LogP contribution in [0.3, 0.4) is 0 Å². The van der Waals surface area contributed by atoms with Crippen LogP contribution in [0, 0.1) is 5.82 Å². The molecule has 2 heterocycles. The van der Waals surface area contributed by atoms with Gasteiger partial charge < -0.3 is 9.84 Å². The number of fused-ring (bicyclic) bond motifs is 1. The van der Waals surface area contributed by atoms with Crippen LogP contribution in [0.1, 0.15) is 19.5 Å². The van der Waals surface area contributed by atoms with Crippen molar-refractivity contribution in [3.8, 4) is 11.4 Å². The Morgan fingerprint density at radius 1 is 1.17 bits per heavy atom. The molecule has 0 aliphatic rings. The molecule has 4 rings (SSSR count). The molecular formula is C22H19FN4O3. The third-order valence-corrected chi connectivity index (χ3v) is 4.47. The van der Waals surface area contributed by atoms with Crippen molar-refractivity contribution in [3.63, 3.8) is 0 Å². The molecule has 2 aromatic carbocycles. The van der Waals surface area contributed by atoms with E-state index in [1.807, 2.05) is 24.3 Å². The Bertz CT molecular complexity index is 1230. The summed E-state index contributed by atoms with van der Waals surface area (Å²) in [6.07, 6.45) is 2.14. The van der Waals surface area contributed by atoms with Crippen LogP contribution >= 0.6 is 0 Å². The fraction of sp³-hybridized carbons (Fsp3) is 0.136. The van der Waals surface area contributed by atoms with Gasteiger partial charge in [-0.1, -0.05) is 24.3 Å². The number of rotatable bonds is 4. The van der Waals surface area contributed by atoms with Crippen LogP contribution in [0.2, 0.25) is 0 Å². The molecular weight excluding hydrogens is 387 g/mol. The summed E-state index contributed by atoms with van der Waals surface area (Å²) in [5.74, 6) is -0.697. The molecule has 7 nitrogen and oxygen atoms in total. The highest BCUT2D eigenvalue weighted by Gasteiger charge is 2.25. The molecule has 4 aromatic rings. The molecule has 0 fully saturated rings. The van der Waals surface area contributed by atoms with Crippen molar-refractivity contribution in [2.45, 2.75) is 19.4 Å². The Morgan fingerprint density at radius 3 is 2.77 bits per heavy atom. The van der Waals surface area contributed by atoms with E-state index in [2.05, 4.69) is 15.4 Å². The lowest BCUT2D eigenvalue weighted by atomic mass is 10.1. The molecule has 0 saturated heterocycles. The zero-order valence-electron chi connectivity index (χ0n) is 16.3. The molecule has 2 N–H and O–H groups in total. The third kappa shape index (κ3) is 3.85. The Labute approximate surface area is 171 Å². The molecule has 8 heteroatoms. The first-order valence-corrected chi connectivity index (χ1v) is 9.22. The number of nitrogens with zero attached hydrogens (tertiary/aromatic N) is 3. The lowest BCUT2D eigenvalue weighted by Gasteiger charge is -2.20. The number of amides is 1. The van der Waals surface area contributed by atoms with Gasteiger partial charge in [0, 0.05) is 11.6 Å². The molecule has 0 radical (unpaired) electrons. The predicted molar refractivity (Wildman–Crippen MR) is 110 cm³/mol. The summed E-state index contributed by atoms with van der Waals surface area (Å²) in [5, 5.41) is 17.9. The smallest absolute Gasteiger partial charge is 0.408 e. The zero-order valence-corrected chi connectivity index (χ0v) is 16.3. The topological polar surface area (TPSA) is 89.3 Å². The number of halogens is 1. The molecule has 0 aliphatic carbocycles. The number of hydrogen-bond donors (Lipinski definition) is 2. The van der Waals surface area contributed by atoms with Crippen LogP contribution < -0.4 is 10.1 Å². The van der Waals surface area contributed by atoms with Gasteiger partial charge in [-0.25, -0.2) is 13.9 Å². The average molecular weight is 406 g/mol. The van der Waals surface area contributed by atoms with Crippen LogP contribution in [-0.2, 0) is 5.60 Å². The molecule has 0 bridgehead atoms. The number of para-hydroxylation sites is 2. The number of ether oxygens (including phenoxy) is 1. The minimum Gasteiger partial charge on any atom is -0.408 e. The first-order valence-electron chi connectivity index (χ1n) is 9.22. The number of carbonyl (C=O) groups excluding carboxylic acids is 1. The van der Waals surface area contributed by atoms with Crippen molar-refractivity contribution < 1.29 is 19.0 Å². The molecule has 1 amide bonds. The second kappa shape index (κ2) is 7.57. The van der Waals surface area contributed by atoms with E-state index in [4.69, 9.17) is 4.74 Å². The maximum atomic E-state index is 14.7. The summed E-state index contributed by atoms with van der Waals surface area (Å²) in [6.45, 7) is 3.11. The number of pyridine rings is 1. The fourth-order valence-electron chi connectivity index (χ4n) is 3.11. The van der Waals surface area contributed by atoms with Crippen LogP contribution in [0.25, 0.3) is 16.6 Å². The molecule has 30 heavy (non-hydrogen) atoms. The van der Waals surface area contributed by atoms with Gasteiger partial charge in [-0.15, -0.1) is 0 Å². The lowest BCUT2D eigenvalue weighted by Crippen LogP contribution is -2.23. The van der Waals surface area contributed by atoms with Gasteiger partial charge in [-0.3, -0.25) is 10.3 Å². The van der Waals surface area contributed by atoms with Crippen LogP contribution in [0.4, 0.5) is 14.9 Å². The van der Waals surface area contributed by atoms with Crippen molar-refractivity contribution in [1.82, 2.24) is 14.8 Å². The highest BCUT2D eigenvalue weighted by atomic mass is 19.1. The summed E-state index contributed by atoms with van der Waals surface area (Å²) in [7, 11) is 0. The van der Waals surface area contributed by atoms with E-state index >= 15 is 0 Å². The lowest BCUT2D eigenvalue weighted by molar-refractivity contribution is 0.0710. The SMILES string of the molecule is CC(C)(O)c1ccnn1-c1c(F)cccc1OC(=O)Nc1cnc2ccccc2c1. The van der Waals surface area contributed by atoms with E-state index in [1.165, 1.54) is 35.3 Å². The largest absolute Gasteiger partial charge is 0.417 e. The van der Waals surface area contributed by atoms with Crippen molar-refractivity contribution in [2.24, 2.45) is 0 Å². The maximum Gasteiger partial charge on any atom is 0.417 e. The molecule has 0 saturated carbocycles. The molecule has 0 aliphatic heterocycles. The number of aliphatic hydroxyl groups is 1. The summed E-state index contributed by atoms with van der Waals surface area (Å²) in [6, 6.07) is 14.9. The van der Waals surface area contributed by atoms with Crippen molar-refractivity contribution in [3.05, 3.63) is 78.5 Å².